The van der Waals surface area contributed by atoms with Gasteiger partial charge in [0.25, 0.3) is 0 Å². The topological polar surface area (TPSA) is 67.4 Å². The number of thiophene rings is 1. The van der Waals surface area contributed by atoms with Crippen molar-refractivity contribution in [2.45, 2.75) is 0 Å². The average Bonchev–Trinajstić information content (AvgIpc) is 2.65. The molecule has 1 heterocycles. The molecular weight excluding hydrogens is 216 g/mol. The average molecular weight is 228 g/mol. The summed E-state index contributed by atoms with van der Waals surface area (Å²) in [6, 6.07) is 1.62. The number of carbonyl (C=O) groups excluding carboxylic acids is 2. The second-order valence-corrected chi connectivity index (χ2v) is 3.65. The van der Waals surface area contributed by atoms with Crippen molar-refractivity contribution < 1.29 is 14.3 Å². The third-order valence-corrected chi connectivity index (χ3v) is 2.49. The SMILES string of the molecule is CNCC(=O)Nc1sccc1C(=O)OC. The van der Waals surface area contributed by atoms with Crippen molar-refractivity contribution >= 4 is 28.2 Å². The standard InChI is InChI=1S/C9H12N2O3S/c1-10-5-7(12)11-8-6(3-4-15-8)9(13)14-2/h3-4,10H,5H2,1-2H3,(H,11,12). The molecule has 0 radical (unpaired) electrons. The number of hydrogen-bond donors (Lipinski definition) is 2. The molecule has 82 valence electrons. The third kappa shape index (κ3) is 3.03. The fourth-order valence-corrected chi connectivity index (χ4v) is 1.80. The first-order chi connectivity index (χ1) is 7.19. The molecule has 1 aromatic rings. The number of methoxy groups -OCH3 is 1. The summed E-state index contributed by atoms with van der Waals surface area (Å²) < 4.78 is 4.58. The molecule has 0 aliphatic heterocycles. The van der Waals surface area contributed by atoms with Crippen molar-refractivity contribution in [3.8, 4) is 0 Å². The Kier molecular flexibility index (Phi) is 4.26. The van der Waals surface area contributed by atoms with E-state index in [1.807, 2.05) is 0 Å². The zero-order valence-electron chi connectivity index (χ0n) is 8.49. The molecule has 0 bridgehead atoms. The fourth-order valence-electron chi connectivity index (χ4n) is 1.01. The number of ether oxygens (including phenoxy) is 1. The quantitative estimate of drug-likeness (QED) is 0.744. The smallest absolute Gasteiger partial charge is 0.340 e. The number of hydrogen-bond acceptors (Lipinski definition) is 5. The summed E-state index contributed by atoms with van der Waals surface area (Å²) in [5.41, 5.74) is 0.381. The van der Waals surface area contributed by atoms with Crippen LogP contribution in [0.4, 0.5) is 5.00 Å². The molecule has 1 amide bonds. The lowest BCUT2D eigenvalue weighted by Crippen LogP contribution is -2.25. The minimum atomic E-state index is -0.448. The normalized spacial score (nSPS) is 9.73. The summed E-state index contributed by atoms with van der Waals surface area (Å²) in [4.78, 5) is 22.5. The molecule has 0 saturated carbocycles. The monoisotopic (exact) mass is 228 g/mol. The van der Waals surface area contributed by atoms with E-state index in [-0.39, 0.29) is 12.5 Å². The third-order valence-electron chi connectivity index (χ3n) is 1.66. The first-order valence-corrected chi connectivity index (χ1v) is 5.17. The molecular formula is C9H12N2O3S. The highest BCUT2D eigenvalue weighted by atomic mass is 32.1. The van der Waals surface area contributed by atoms with Crippen LogP contribution in [-0.2, 0) is 9.53 Å². The van der Waals surface area contributed by atoms with Crippen LogP contribution < -0.4 is 10.6 Å². The van der Waals surface area contributed by atoms with Crippen LogP contribution >= 0.6 is 11.3 Å². The van der Waals surface area contributed by atoms with E-state index in [0.29, 0.717) is 10.6 Å². The Labute approximate surface area is 91.4 Å². The van der Waals surface area contributed by atoms with Gasteiger partial charge in [-0.05, 0) is 18.5 Å². The van der Waals surface area contributed by atoms with E-state index < -0.39 is 5.97 Å². The summed E-state index contributed by atoms with van der Waals surface area (Å²) >= 11 is 1.29. The maximum atomic E-state index is 11.3. The highest BCUT2D eigenvalue weighted by Crippen LogP contribution is 2.23. The highest BCUT2D eigenvalue weighted by molar-refractivity contribution is 7.14. The van der Waals surface area contributed by atoms with Gasteiger partial charge in [0, 0.05) is 0 Å². The number of nitrogens with one attached hydrogen (secondary N) is 2. The Balaban J connectivity index is 2.73. The van der Waals surface area contributed by atoms with Gasteiger partial charge in [-0.1, -0.05) is 0 Å². The first-order valence-electron chi connectivity index (χ1n) is 4.29. The lowest BCUT2D eigenvalue weighted by Gasteiger charge is -2.04. The lowest BCUT2D eigenvalue weighted by molar-refractivity contribution is -0.115. The second kappa shape index (κ2) is 5.47. The predicted octanol–water partition coefficient (Wildman–Crippen LogP) is 0.693. The first kappa shape index (κ1) is 11.7. The van der Waals surface area contributed by atoms with Gasteiger partial charge in [0.15, 0.2) is 0 Å². The Morgan fingerprint density at radius 2 is 2.27 bits per heavy atom. The van der Waals surface area contributed by atoms with Crippen LogP contribution in [0.2, 0.25) is 0 Å². The van der Waals surface area contributed by atoms with Crippen molar-refractivity contribution in [3.05, 3.63) is 17.0 Å². The van der Waals surface area contributed by atoms with Gasteiger partial charge >= 0.3 is 5.97 Å². The molecule has 0 fully saturated rings. The molecule has 0 saturated heterocycles. The summed E-state index contributed by atoms with van der Waals surface area (Å²) in [6.07, 6.45) is 0. The number of likely N-dealkylation sites (N-methyl/N-ethyl adjacent to an activating group) is 1. The Morgan fingerprint density at radius 1 is 1.53 bits per heavy atom. The molecule has 0 aliphatic carbocycles. The van der Waals surface area contributed by atoms with Gasteiger partial charge in [0.05, 0.1) is 19.2 Å². The van der Waals surface area contributed by atoms with Crippen molar-refractivity contribution in [2.24, 2.45) is 0 Å². The van der Waals surface area contributed by atoms with E-state index in [1.54, 1.807) is 18.5 Å². The van der Waals surface area contributed by atoms with Crippen molar-refractivity contribution in [1.82, 2.24) is 5.32 Å². The zero-order chi connectivity index (χ0) is 11.3. The largest absolute Gasteiger partial charge is 0.465 e. The summed E-state index contributed by atoms with van der Waals surface area (Å²) in [5.74, 6) is -0.638. The van der Waals surface area contributed by atoms with Gasteiger partial charge in [-0.3, -0.25) is 4.79 Å². The molecule has 0 aromatic carbocycles. The van der Waals surface area contributed by atoms with Gasteiger partial charge in [-0.25, -0.2) is 4.79 Å². The van der Waals surface area contributed by atoms with Crippen molar-refractivity contribution in [1.29, 1.82) is 0 Å². The van der Waals surface area contributed by atoms with E-state index in [0.717, 1.165) is 0 Å². The van der Waals surface area contributed by atoms with Gasteiger partial charge < -0.3 is 15.4 Å². The summed E-state index contributed by atoms with van der Waals surface area (Å²) in [6.45, 7) is 0.207. The maximum Gasteiger partial charge on any atom is 0.340 e. The van der Waals surface area contributed by atoms with Crippen molar-refractivity contribution in [3.63, 3.8) is 0 Å². The van der Waals surface area contributed by atoms with Crippen molar-refractivity contribution in [2.75, 3.05) is 26.0 Å². The molecule has 0 atom stereocenters. The summed E-state index contributed by atoms with van der Waals surface area (Å²) in [5, 5.41) is 7.58. The highest BCUT2D eigenvalue weighted by Gasteiger charge is 2.14. The van der Waals surface area contributed by atoms with Crippen LogP contribution in [0.3, 0.4) is 0 Å². The molecule has 0 unspecified atom stereocenters. The fraction of sp³-hybridized carbons (Fsp3) is 0.333. The zero-order valence-corrected chi connectivity index (χ0v) is 9.31. The molecule has 5 nitrogen and oxygen atoms in total. The number of esters is 1. The number of carbonyl (C=O) groups is 2. The molecule has 15 heavy (non-hydrogen) atoms. The van der Waals surface area contributed by atoms with Gasteiger partial charge in [-0.15, -0.1) is 11.3 Å². The predicted molar refractivity (Wildman–Crippen MR) is 58.2 cm³/mol. The van der Waals surface area contributed by atoms with E-state index in [1.165, 1.54) is 18.4 Å². The molecule has 1 aromatic heterocycles. The second-order valence-electron chi connectivity index (χ2n) is 2.73. The minimum Gasteiger partial charge on any atom is -0.465 e. The molecule has 0 aliphatic rings. The lowest BCUT2D eigenvalue weighted by atomic mass is 10.3. The van der Waals surface area contributed by atoms with E-state index >= 15 is 0 Å². The molecule has 2 N–H and O–H groups in total. The van der Waals surface area contributed by atoms with Crippen LogP contribution in [-0.4, -0.2) is 32.6 Å². The van der Waals surface area contributed by atoms with Crippen LogP contribution in [0, 0.1) is 0 Å². The van der Waals surface area contributed by atoms with Crippen LogP contribution in [0.1, 0.15) is 10.4 Å². The van der Waals surface area contributed by atoms with E-state index in [4.69, 9.17) is 0 Å². The number of rotatable bonds is 4. The number of anilines is 1. The van der Waals surface area contributed by atoms with Gasteiger partial charge in [0.1, 0.15) is 5.00 Å². The number of amides is 1. The Bertz CT molecular complexity index is 362. The van der Waals surface area contributed by atoms with Crippen LogP contribution in [0.15, 0.2) is 11.4 Å². The van der Waals surface area contributed by atoms with Gasteiger partial charge in [0.2, 0.25) is 5.91 Å². The Morgan fingerprint density at radius 3 is 2.87 bits per heavy atom. The van der Waals surface area contributed by atoms with Gasteiger partial charge in [-0.2, -0.15) is 0 Å². The van der Waals surface area contributed by atoms with E-state index in [9.17, 15) is 9.59 Å². The molecule has 0 spiro atoms. The Hall–Kier alpha value is -1.40. The van der Waals surface area contributed by atoms with Crippen LogP contribution in [0.5, 0.6) is 0 Å². The molecule has 6 heteroatoms. The van der Waals surface area contributed by atoms with Crippen LogP contribution in [0.25, 0.3) is 0 Å². The maximum absolute atomic E-state index is 11.3. The molecule has 1 rings (SSSR count). The summed E-state index contributed by atoms with van der Waals surface area (Å²) in [7, 11) is 2.98. The minimum absolute atomic E-state index is 0.190. The van der Waals surface area contributed by atoms with E-state index in [2.05, 4.69) is 15.4 Å².